The van der Waals surface area contributed by atoms with E-state index in [4.69, 9.17) is 5.73 Å². The summed E-state index contributed by atoms with van der Waals surface area (Å²) in [7, 11) is -3.64. The van der Waals surface area contributed by atoms with Crippen molar-refractivity contribution >= 4 is 37.5 Å². The van der Waals surface area contributed by atoms with Crippen LogP contribution in [-0.2, 0) is 14.8 Å². The van der Waals surface area contributed by atoms with Crippen LogP contribution in [0.15, 0.2) is 27.6 Å². The van der Waals surface area contributed by atoms with Crippen molar-refractivity contribution in [3.8, 4) is 0 Å². The van der Waals surface area contributed by atoms with Crippen LogP contribution in [0.25, 0.3) is 0 Å². The standard InChI is InChI=1S/C10H14BrN3O3S/c1-7(15)13-4-5-14-18(16,17)10-6-8(12)2-3-9(10)11/h2-3,6,14H,4-5,12H2,1H3,(H,13,15). The minimum atomic E-state index is -3.64. The predicted octanol–water partition coefficient (Wildman–Crippen LogP) is 0.446. The summed E-state index contributed by atoms with van der Waals surface area (Å²) in [5.41, 5.74) is 5.91. The van der Waals surface area contributed by atoms with Crippen molar-refractivity contribution in [1.82, 2.24) is 10.0 Å². The molecule has 0 bridgehead atoms. The van der Waals surface area contributed by atoms with Crippen LogP contribution < -0.4 is 15.8 Å². The first kappa shape index (κ1) is 14.9. The second-order valence-electron chi connectivity index (χ2n) is 3.57. The molecule has 0 spiro atoms. The number of carbonyl (C=O) groups excluding carboxylic acids is 1. The van der Waals surface area contributed by atoms with Gasteiger partial charge in [0.05, 0.1) is 4.90 Å². The van der Waals surface area contributed by atoms with E-state index in [-0.39, 0.29) is 23.9 Å². The van der Waals surface area contributed by atoms with Gasteiger partial charge in [-0.1, -0.05) is 0 Å². The molecule has 0 saturated carbocycles. The van der Waals surface area contributed by atoms with E-state index in [0.29, 0.717) is 10.2 Å². The Morgan fingerprint density at radius 3 is 2.67 bits per heavy atom. The lowest BCUT2D eigenvalue weighted by Gasteiger charge is -2.09. The number of rotatable bonds is 5. The number of nitrogen functional groups attached to an aromatic ring is 1. The summed E-state index contributed by atoms with van der Waals surface area (Å²) in [4.78, 5) is 10.7. The minimum absolute atomic E-state index is 0.0744. The van der Waals surface area contributed by atoms with E-state index in [0.717, 1.165) is 0 Å². The van der Waals surface area contributed by atoms with Crippen molar-refractivity contribution in [3.63, 3.8) is 0 Å². The molecule has 18 heavy (non-hydrogen) atoms. The average molecular weight is 336 g/mol. The minimum Gasteiger partial charge on any atom is -0.399 e. The van der Waals surface area contributed by atoms with E-state index in [1.54, 1.807) is 12.1 Å². The van der Waals surface area contributed by atoms with E-state index in [9.17, 15) is 13.2 Å². The number of anilines is 1. The van der Waals surface area contributed by atoms with Gasteiger partial charge in [0.15, 0.2) is 0 Å². The van der Waals surface area contributed by atoms with Gasteiger partial charge in [0.1, 0.15) is 0 Å². The molecular weight excluding hydrogens is 322 g/mol. The molecule has 0 radical (unpaired) electrons. The zero-order chi connectivity index (χ0) is 13.8. The quantitative estimate of drug-likeness (QED) is 0.537. The van der Waals surface area contributed by atoms with E-state index in [1.165, 1.54) is 13.0 Å². The van der Waals surface area contributed by atoms with Crippen molar-refractivity contribution in [2.75, 3.05) is 18.8 Å². The van der Waals surface area contributed by atoms with Crippen molar-refractivity contribution in [1.29, 1.82) is 0 Å². The van der Waals surface area contributed by atoms with Gasteiger partial charge in [-0.15, -0.1) is 0 Å². The number of carbonyl (C=O) groups is 1. The number of nitrogens with two attached hydrogens (primary N) is 1. The number of amides is 1. The van der Waals surface area contributed by atoms with Gasteiger partial charge in [0, 0.05) is 30.2 Å². The van der Waals surface area contributed by atoms with Crippen LogP contribution in [0.4, 0.5) is 5.69 Å². The third-order valence-electron chi connectivity index (χ3n) is 2.04. The predicted molar refractivity (Wildman–Crippen MR) is 72.4 cm³/mol. The average Bonchev–Trinajstić information content (AvgIpc) is 2.27. The number of hydrogen-bond acceptors (Lipinski definition) is 4. The van der Waals surface area contributed by atoms with Gasteiger partial charge >= 0.3 is 0 Å². The van der Waals surface area contributed by atoms with Crippen LogP contribution in [0, 0.1) is 0 Å². The first-order valence-electron chi connectivity index (χ1n) is 5.12. The monoisotopic (exact) mass is 335 g/mol. The Morgan fingerprint density at radius 1 is 1.39 bits per heavy atom. The summed E-state index contributed by atoms with van der Waals surface area (Å²) in [6.45, 7) is 1.71. The summed E-state index contributed by atoms with van der Waals surface area (Å²) < 4.78 is 26.7. The third kappa shape index (κ3) is 4.28. The molecule has 0 fully saturated rings. The Morgan fingerprint density at radius 2 is 2.06 bits per heavy atom. The summed E-state index contributed by atoms with van der Waals surface area (Å²) >= 11 is 3.15. The second kappa shape index (κ2) is 6.17. The Balaban J connectivity index is 2.74. The molecule has 0 saturated heterocycles. The highest BCUT2D eigenvalue weighted by molar-refractivity contribution is 9.10. The fourth-order valence-corrected chi connectivity index (χ4v) is 3.26. The molecule has 8 heteroatoms. The number of benzene rings is 1. The van der Waals surface area contributed by atoms with Crippen LogP contribution in [-0.4, -0.2) is 27.4 Å². The Hall–Kier alpha value is -1.12. The number of nitrogens with one attached hydrogen (secondary N) is 2. The fraction of sp³-hybridized carbons (Fsp3) is 0.300. The van der Waals surface area contributed by atoms with E-state index >= 15 is 0 Å². The molecule has 0 aliphatic rings. The van der Waals surface area contributed by atoms with Gasteiger partial charge in [-0.05, 0) is 34.1 Å². The molecule has 0 unspecified atom stereocenters. The van der Waals surface area contributed by atoms with Crippen LogP contribution >= 0.6 is 15.9 Å². The number of hydrogen-bond donors (Lipinski definition) is 3. The normalized spacial score (nSPS) is 11.2. The van der Waals surface area contributed by atoms with Crippen molar-refractivity contribution in [2.45, 2.75) is 11.8 Å². The summed E-state index contributed by atoms with van der Waals surface area (Å²) in [6, 6.07) is 4.53. The van der Waals surface area contributed by atoms with E-state index in [1.807, 2.05) is 0 Å². The van der Waals surface area contributed by atoms with Crippen LogP contribution in [0.3, 0.4) is 0 Å². The molecule has 6 nitrogen and oxygen atoms in total. The topological polar surface area (TPSA) is 101 Å². The van der Waals surface area contributed by atoms with Crippen molar-refractivity contribution < 1.29 is 13.2 Å². The summed E-state index contributed by atoms with van der Waals surface area (Å²) in [6.07, 6.45) is 0. The van der Waals surface area contributed by atoms with Crippen molar-refractivity contribution in [2.24, 2.45) is 0 Å². The lowest BCUT2D eigenvalue weighted by atomic mass is 10.3. The second-order valence-corrected chi connectivity index (χ2v) is 6.16. The number of halogens is 1. The molecule has 1 aromatic carbocycles. The lowest BCUT2D eigenvalue weighted by molar-refractivity contribution is -0.118. The SMILES string of the molecule is CC(=O)NCCNS(=O)(=O)c1cc(N)ccc1Br. The molecule has 0 atom stereocenters. The summed E-state index contributed by atoms with van der Waals surface area (Å²) in [5.74, 6) is -0.209. The third-order valence-corrected chi connectivity index (χ3v) is 4.49. The largest absolute Gasteiger partial charge is 0.399 e. The zero-order valence-corrected chi connectivity index (χ0v) is 12.1. The molecule has 1 amide bonds. The van der Waals surface area contributed by atoms with Crippen LogP contribution in [0.5, 0.6) is 0 Å². The van der Waals surface area contributed by atoms with Crippen LogP contribution in [0.2, 0.25) is 0 Å². The van der Waals surface area contributed by atoms with Gasteiger partial charge in [-0.25, -0.2) is 13.1 Å². The smallest absolute Gasteiger partial charge is 0.241 e. The molecule has 0 aliphatic heterocycles. The molecule has 1 rings (SSSR count). The summed E-state index contributed by atoms with van der Waals surface area (Å²) in [5, 5.41) is 2.49. The van der Waals surface area contributed by atoms with Gasteiger partial charge in [0.25, 0.3) is 0 Å². The van der Waals surface area contributed by atoms with Gasteiger partial charge in [-0.2, -0.15) is 0 Å². The highest BCUT2D eigenvalue weighted by Crippen LogP contribution is 2.23. The van der Waals surface area contributed by atoms with E-state index < -0.39 is 10.0 Å². The lowest BCUT2D eigenvalue weighted by Crippen LogP contribution is -2.33. The van der Waals surface area contributed by atoms with Gasteiger partial charge in [0.2, 0.25) is 15.9 Å². The maximum absolute atomic E-state index is 11.9. The van der Waals surface area contributed by atoms with Gasteiger partial charge in [-0.3, -0.25) is 4.79 Å². The molecular formula is C10H14BrN3O3S. The maximum atomic E-state index is 11.9. The Bertz CT molecular complexity index is 545. The maximum Gasteiger partial charge on any atom is 0.241 e. The molecule has 100 valence electrons. The number of sulfonamides is 1. The Kier molecular flexibility index (Phi) is 5.12. The first-order chi connectivity index (χ1) is 8.33. The fourth-order valence-electron chi connectivity index (χ4n) is 1.23. The molecule has 4 N–H and O–H groups in total. The molecule has 1 aromatic rings. The first-order valence-corrected chi connectivity index (χ1v) is 7.39. The molecule has 0 heterocycles. The van der Waals surface area contributed by atoms with E-state index in [2.05, 4.69) is 26.0 Å². The molecule has 0 aromatic heterocycles. The highest BCUT2D eigenvalue weighted by atomic mass is 79.9. The zero-order valence-electron chi connectivity index (χ0n) is 9.73. The Labute approximate surface area is 114 Å². The van der Waals surface area contributed by atoms with Gasteiger partial charge < -0.3 is 11.1 Å². The van der Waals surface area contributed by atoms with Crippen molar-refractivity contribution in [3.05, 3.63) is 22.7 Å². The molecule has 0 aliphatic carbocycles. The highest BCUT2D eigenvalue weighted by Gasteiger charge is 2.17. The van der Waals surface area contributed by atoms with Crippen LogP contribution in [0.1, 0.15) is 6.92 Å².